The first-order valence-corrected chi connectivity index (χ1v) is 4.67. The van der Waals surface area contributed by atoms with E-state index in [-0.39, 0.29) is 28.7 Å². The smallest absolute Gasteiger partial charge is 0.292 e. The summed E-state index contributed by atoms with van der Waals surface area (Å²) in [5.41, 5.74) is 10.4. The summed E-state index contributed by atoms with van der Waals surface area (Å²) in [5.74, 6) is -1.20. The number of amides is 1. The molecule has 1 heterocycles. The predicted molar refractivity (Wildman–Crippen MR) is 59.3 cm³/mol. The van der Waals surface area contributed by atoms with E-state index in [9.17, 15) is 14.9 Å². The number of hydrogen-bond acceptors (Lipinski definition) is 7. The van der Waals surface area contributed by atoms with E-state index >= 15 is 0 Å². The molecule has 1 aromatic heterocycles. The molecular weight excluding hydrogens is 242 g/mol. The minimum absolute atomic E-state index is 0.0124. The lowest BCUT2D eigenvalue weighted by atomic mass is 10.2. The van der Waals surface area contributed by atoms with Gasteiger partial charge in [-0.15, -0.1) is 0 Å². The van der Waals surface area contributed by atoms with Gasteiger partial charge >= 0.3 is 0 Å². The number of carbonyl (C=O) groups excluding carboxylic acids is 1. The van der Waals surface area contributed by atoms with E-state index in [4.69, 9.17) is 16.0 Å². The molecule has 9 nitrogen and oxygen atoms in total. The molecule has 4 N–H and O–H groups in total. The zero-order valence-corrected chi connectivity index (χ0v) is 8.86. The summed E-state index contributed by atoms with van der Waals surface area (Å²) in [4.78, 5) is 24.5. The monoisotopic (exact) mass is 249 g/mol. The van der Waals surface area contributed by atoms with Crippen molar-refractivity contribution < 1.29 is 14.2 Å². The van der Waals surface area contributed by atoms with Crippen molar-refractivity contribution >= 4 is 17.3 Å². The highest BCUT2D eigenvalue weighted by molar-refractivity contribution is 5.89. The van der Waals surface area contributed by atoms with Crippen molar-refractivity contribution in [1.29, 1.82) is 0 Å². The highest BCUT2D eigenvalue weighted by atomic mass is 16.6. The second-order valence-electron chi connectivity index (χ2n) is 3.32. The molecule has 92 valence electrons. The van der Waals surface area contributed by atoms with Gasteiger partial charge in [-0.05, 0) is 12.1 Å². The summed E-state index contributed by atoms with van der Waals surface area (Å²) >= 11 is 0. The van der Waals surface area contributed by atoms with E-state index < -0.39 is 10.8 Å². The number of carbonyl (C=O) groups is 1. The Bertz CT molecular complexity index is 636. The molecule has 0 bridgehead atoms. The van der Waals surface area contributed by atoms with Crippen LogP contribution in [0.3, 0.4) is 0 Å². The van der Waals surface area contributed by atoms with Crippen molar-refractivity contribution in [1.82, 2.24) is 10.1 Å². The van der Waals surface area contributed by atoms with Crippen molar-refractivity contribution in [3.8, 4) is 11.5 Å². The molecule has 18 heavy (non-hydrogen) atoms. The van der Waals surface area contributed by atoms with Crippen molar-refractivity contribution in [2.75, 3.05) is 5.73 Å². The zero-order chi connectivity index (χ0) is 13.3. The maximum atomic E-state index is 10.8. The first kappa shape index (κ1) is 11.5. The van der Waals surface area contributed by atoms with Gasteiger partial charge < -0.3 is 16.0 Å². The highest BCUT2D eigenvalue weighted by Crippen LogP contribution is 2.27. The molecule has 0 aliphatic rings. The summed E-state index contributed by atoms with van der Waals surface area (Å²) in [7, 11) is 0. The lowest BCUT2D eigenvalue weighted by molar-refractivity contribution is -0.383. The first-order chi connectivity index (χ1) is 8.49. The Kier molecular flexibility index (Phi) is 2.64. The first-order valence-electron chi connectivity index (χ1n) is 4.67. The summed E-state index contributed by atoms with van der Waals surface area (Å²) in [6.45, 7) is 0. The molecule has 0 unspecified atom stereocenters. The fourth-order valence-corrected chi connectivity index (χ4v) is 1.28. The van der Waals surface area contributed by atoms with Gasteiger partial charge in [0.25, 0.3) is 23.3 Å². The second-order valence-corrected chi connectivity index (χ2v) is 3.32. The number of nitro groups is 1. The largest absolute Gasteiger partial charge is 0.393 e. The molecule has 1 aromatic carbocycles. The number of benzene rings is 1. The third-order valence-electron chi connectivity index (χ3n) is 2.12. The van der Waals surface area contributed by atoms with Crippen molar-refractivity contribution in [2.24, 2.45) is 5.73 Å². The Morgan fingerprint density at radius 1 is 1.44 bits per heavy atom. The van der Waals surface area contributed by atoms with Gasteiger partial charge in [-0.25, -0.2) is 0 Å². The summed E-state index contributed by atoms with van der Waals surface area (Å²) in [6.07, 6.45) is 0. The van der Waals surface area contributed by atoms with Gasteiger partial charge in [-0.3, -0.25) is 14.9 Å². The van der Waals surface area contributed by atoms with E-state index in [0.29, 0.717) is 0 Å². The van der Waals surface area contributed by atoms with E-state index in [0.717, 1.165) is 0 Å². The number of primary amides is 1. The van der Waals surface area contributed by atoms with Crippen molar-refractivity contribution in [3.63, 3.8) is 0 Å². The van der Waals surface area contributed by atoms with Gasteiger partial charge in [-0.1, -0.05) is 5.16 Å². The van der Waals surface area contributed by atoms with Crippen LogP contribution in [-0.4, -0.2) is 21.0 Å². The minimum atomic E-state index is -0.852. The van der Waals surface area contributed by atoms with Crippen LogP contribution < -0.4 is 11.5 Å². The van der Waals surface area contributed by atoms with Crippen LogP contribution in [0.5, 0.6) is 0 Å². The molecule has 0 fully saturated rings. The van der Waals surface area contributed by atoms with Gasteiger partial charge in [0.1, 0.15) is 5.69 Å². The molecule has 0 saturated heterocycles. The van der Waals surface area contributed by atoms with Crippen molar-refractivity contribution in [2.45, 2.75) is 0 Å². The Labute approximate surface area is 99.5 Å². The van der Waals surface area contributed by atoms with Crippen LogP contribution in [-0.2, 0) is 0 Å². The van der Waals surface area contributed by atoms with Gasteiger partial charge in [0, 0.05) is 11.6 Å². The van der Waals surface area contributed by atoms with E-state index in [1.807, 2.05) is 0 Å². The molecule has 0 radical (unpaired) electrons. The third kappa shape index (κ3) is 1.96. The van der Waals surface area contributed by atoms with Crippen LogP contribution in [0.4, 0.5) is 11.4 Å². The van der Waals surface area contributed by atoms with Crippen LogP contribution in [0.15, 0.2) is 22.7 Å². The lowest BCUT2D eigenvalue weighted by Crippen LogP contribution is -2.12. The Hall–Kier alpha value is -2.97. The lowest BCUT2D eigenvalue weighted by Gasteiger charge is -1.98. The van der Waals surface area contributed by atoms with Gasteiger partial charge in [-0.2, -0.15) is 4.98 Å². The fourth-order valence-electron chi connectivity index (χ4n) is 1.28. The molecule has 0 spiro atoms. The number of hydrogen-bond donors (Lipinski definition) is 2. The van der Waals surface area contributed by atoms with Crippen LogP contribution in [0.25, 0.3) is 11.5 Å². The topological polar surface area (TPSA) is 151 Å². The Morgan fingerprint density at radius 2 is 2.17 bits per heavy atom. The number of rotatable bonds is 3. The quantitative estimate of drug-likeness (QED) is 0.451. The number of aromatic nitrogens is 2. The molecule has 9 heteroatoms. The number of anilines is 1. The van der Waals surface area contributed by atoms with Gasteiger partial charge in [0.05, 0.1) is 4.92 Å². The Morgan fingerprint density at radius 3 is 2.72 bits per heavy atom. The maximum Gasteiger partial charge on any atom is 0.292 e. The number of nitrogen functional groups attached to an aromatic ring is 1. The normalized spacial score (nSPS) is 10.2. The molecule has 2 rings (SSSR count). The average molecular weight is 249 g/mol. The highest BCUT2D eigenvalue weighted by Gasteiger charge is 2.17. The Balaban J connectivity index is 2.47. The van der Waals surface area contributed by atoms with Crippen LogP contribution >= 0.6 is 0 Å². The SMILES string of the molecule is NC(=O)c1noc(-c2ccc(N)c([N+](=O)[O-])c2)n1. The minimum Gasteiger partial charge on any atom is -0.393 e. The number of nitrogens with zero attached hydrogens (tertiary/aromatic N) is 3. The second kappa shape index (κ2) is 4.13. The summed E-state index contributed by atoms with van der Waals surface area (Å²) in [6, 6.07) is 3.97. The number of nitrogens with two attached hydrogens (primary N) is 2. The summed E-state index contributed by atoms with van der Waals surface area (Å²) < 4.78 is 4.76. The van der Waals surface area contributed by atoms with Crippen molar-refractivity contribution in [3.05, 3.63) is 34.1 Å². The maximum absolute atomic E-state index is 10.8. The van der Waals surface area contributed by atoms with Crippen LogP contribution in [0.1, 0.15) is 10.6 Å². The van der Waals surface area contributed by atoms with E-state index in [1.165, 1.54) is 18.2 Å². The molecule has 1 amide bonds. The molecule has 0 aliphatic heterocycles. The molecule has 0 aliphatic carbocycles. The fraction of sp³-hybridized carbons (Fsp3) is 0. The van der Waals surface area contributed by atoms with Crippen LogP contribution in [0.2, 0.25) is 0 Å². The molecular formula is C9H7N5O4. The third-order valence-corrected chi connectivity index (χ3v) is 2.12. The van der Waals surface area contributed by atoms with Gasteiger partial charge in [0.15, 0.2) is 0 Å². The van der Waals surface area contributed by atoms with Gasteiger partial charge in [0.2, 0.25) is 0 Å². The van der Waals surface area contributed by atoms with E-state index in [1.54, 1.807) is 0 Å². The average Bonchev–Trinajstić information content (AvgIpc) is 2.78. The van der Waals surface area contributed by atoms with Crippen LogP contribution in [0, 0.1) is 10.1 Å². The molecule has 0 saturated carbocycles. The predicted octanol–water partition coefficient (Wildman–Crippen LogP) is 0.326. The zero-order valence-electron chi connectivity index (χ0n) is 8.86. The summed E-state index contributed by atoms with van der Waals surface area (Å²) in [5, 5.41) is 14.0. The molecule has 0 atom stereocenters. The molecule has 2 aromatic rings. The standard InChI is InChI=1S/C9H7N5O4/c10-5-2-1-4(3-6(5)14(16)17)9-12-8(7(11)15)13-18-9/h1-3H,10H2,(H2,11,15). The van der Waals surface area contributed by atoms with E-state index in [2.05, 4.69) is 10.1 Å². The number of nitro benzene ring substituents is 1.